The summed E-state index contributed by atoms with van der Waals surface area (Å²) in [5.41, 5.74) is 0.528. The number of ether oxygens (including phenoxy) is 1. The molecule has 0 aliphatic rings. The van der Waals surface area contributed by atoms with Gasteiger partial charge in [0.15, 0.2) is 6.26 Å². The van der Waals surface area contributed by atoms with Gasteiger partial charge in [0, 0.05) is 5.56 Å². The summed E-state index contributed by atoms with van der Waals surface area (Å²) in [6.07, 6.45) is -0.385. The predicted molar refractivity (Wildman–Crippen MR) is 52.3 cm³/mol. The van der Waals surface area contributed by atoms with Crippen LogP contribution in [0.4, 0.5) is 4.79 Å². The van der Waals surface area contributed by atoms with Crippen LogP contribution in [0, 0.1) is 0 Å². The lowest BCUT2D eigenvalue weighted by Crippen LogP contribution is -2.02. The second-order valence-electron chi connectivity index (χ2n) is 2.91. The largest absolute Gasteiger partial charge is 0.512 e. The Bertz CT molecular complexity index is 519. The van der Waals surface area contributed by atoms with E-state index in [1.54, 1.807) is 12.1 Å². The Labute approximate surface area is 89.7 Å². The number of phenols is 1. The fourth-order valence-electron chi connectivity index (χ4n) is 1.17. The molecule has 2 N–H and O–H groups in total. The molecule has 6 heteroatoms. The highest BCUT2D eigenvalue weighted by Crippen LogP contribution is 2.24. The zero-order valence-corrected chi connectivity index (χ0v) is 7.95. The van der Waals surface area contributed by atoms with Gasteiger partial charge in [0.05, 0.1) is 0 Å². The molecular formula is C10H7NO5. The van der Waals surface area contributed by atoms with Crippen LogP contribution < -0.4 is 4.74 Å². The second kappa shape index (κ2) is 3.93. The van der Waals surface area contributed by atoms with Crippen LogP contribution in [0.3, 0.4) is 0 Å². The molecule has 82 valence electrons. The molecule has 0 fully saturated rings. The van der Waals surface area contributed by atoms with E-state index in [1.807, 2.05) is 0 Å². The van der Waals surface area contributed by atoms with Gasteiger partial charge in [0.25, 0.3) is 5.88 Å². The zero-order valence-electron chi connectivity index (χ0n) is 7.95. The summed E-state index contributed by atoms with van der Waals surface area (Å²) in [6, 6.07) is 6.22. The average Bonchev–Trinajstić information content (AvgIpc) is 2.65. The summed E-state index contributed by atoms with van der Waals surface area (Å²) in [5, 5.41) is 17.6. The van der Waals surface area contributed by atoms with E-state index in [9.17, 15) is 9.90 Å². The molecule has 0 spiro atoms. The highest BCUT2D eigenvalue weighted by molar-refractivity contribution is 5.61. The molecule has 0 amide bonds. The van der Waals surface area contributed by atoms with Crippen molar-refractivity contribution < 1.29 is 24.2 Å². The highest BCUT2D eigenvalue weighted by Gasteiger charge is 2.10. The number of hydrogen-bond acceptors (Lipinski definition) is 5. The van der Waals surface area contributed by atoms with Gasteiger partial charge in [-0.1, -0.05) is 6.07 Å². The maximum absolute atomic E-state index is 10.2. The van der Waals surface area contributed by atoms with Gasteiger partial charge in [-0.15, -0.1) is 0 Å². The lowest BCUT2D eigenvalue weighted by atomic mass is 10.2. The third-order valence-electron chi connectivity index (χ3n) is 1.77. The van der Waals surface area contributed by atoms with Crippen molar-refractivity contribution in [2.75, 3.05) is 0 Å². The predicted octanol–water partition coefficient (Wildman–Crippen LogP) is 2.10. The van der Waals surface area contributed by atoms with Crippen LogP contribution in [0.15, 0.2) is 34.9 Å². The van der Waals surface area contributed by atoms with E-state index in [1.165, 1.54) is 12.1 Å². The molecule has 0 unspecified atom stereocenters. The average molecular weight is 221 g/mol. The molecule has 0 radical (unpaired) electrons. The van der Waals surface area contributed by atoms with Crippen LogP contribution in [0.25, 0.3) is 11.5 Å². The zero-order chi connectivity index (χ0) is 11.5. The lowest BCUT2D eigenvalue weighted by Gasteiger charge is -1.95. The van der Waals surface area contributed by atoms with E-state index < -0.39 is 6.16 Å². The molecule has 0 saturated heterocycles. The van der Waals surface area contributed by atoms with Gasteiger partial charge >= 0.3 is 6.16 Å². The van der Waals surface area contributed by atoms with E-state index in [0.29, 0.717) is 5.56 Å². The molecule has 0 bridgehead atoms. The van der Waals surface area contributed by atoms with Gasteiger partial charge in [-0.3, -0.25) is 0 Å². The Kier molecular flexibility index (Phi) is 2.47. The van der Waals surface area contributed by atoms with E-state index in [4.69, 9.17) is 9.52 Å². The molecule has 0 saturated carbocycles. The summed E-state index contributed by atoms with van der Waals surface area (Å²) in [6.45, 7) is 0. The number of aromatic nitrogens is 1. The summed E-state index contributed by atoms with van der Waals surface area (Å²) in [7, 11) is 0. The van der Waals surface area contributed by atoms with Crippen molar-refractivity contribution in [3.8, 4) is 23.1 Å². The Balaban J connectivity index is 2.28. The van der Waals surface area contributed by atoms with E-state index in [0.717, 1.165) is 6.26 Å². The Morgan fingerprint density at radius 2 is 2.25 bits per heavy atom. The van der Waals surface area contributed by atoms with Crippen LogP contribution >= 0.6 is 0 Å². The summed E-state index contributed by atoms with van der Waals surface area (Å²) in [5.74, 6) is 0.0920. The topological polar surface area (TPSA) is 92.8 Å². The second-order valence-corrected chi connectivity index (χ2v) is 2.91. The molecule has 2 rings (SSSR count). The maximum atomic E-state index is 10.2. The van der Waals surface area contributed by atoms with Crippen LogP contribution in [0.2, 0.25) is 0 Å². The first-order chi connectivity index (χ1) is 7.65. The minimum atomic E-state index is -1.46. The SMILES string of the molecule is O=C(O)Oc1coc(-c2cccc(O)c2)n1. The fourth-order valence-corrected chi connectivity index (χ4v) is 1.17. The van der Waals surface area contributed by atoms with Crippen molar-refractivity contribution in [1.82, 2.24) is 4.98 Å². The number of carbonyl (C=O) groups is 1. The normalized spacial score (nSPS) is 10.0. The number of aromatic hydroxyl groups is 1. The smallest absolute Gasteiger partial charge is 0.508 e. The number of phenolic OH excluding ortho intramolecular Hbond substituents is 1. The van der Waals surface area contributed by atoms with Crippen molar-refractivity contribution in [2.24, 2.45) is 0 Å². The number of rotatable bonds is 2. The molecular weight excluding hydrogens is 214 g/mol. The number of benzene rings is 1. The van der Waals surface area contributed by atoms with Gasteiger partial charge in [-0.25, -0.2) is 4.79 Å². The van der Waals surface area contributed by atoms with Crippen LogP contribution in [-0.4, -0.2) is 21.4 Å². The standard InChI is InChI=1S/C10H7NO5/c12-7-3-1-2-6(4-7)9-11-8(5-15-9)16-10(13)14/h1-5,12H,(H,13,14). The molecule has 0 atom stereocenters. The molecule has 1 aromatic carbocycles. The number of hydrogen-bond donors (Lipinski definition) is 2. The van der Waals surface area contributed by atoms with Gasteiger partial charge in [0.1, 0.15) is 5.75 Å². The first-order valence-corrected chi connectivity index (χ1v) is 4.31. The molecule has 2 aromatic rings. The summed E-state index contributed by atoms with van der Waals surface area (Å²) in [4.78, 5) is 14.0. The molecule has 1 aromatic heterocycles. The minimum Gasteiger partial charge on any atom is -0.508 e. The molecule has 0 aliphatic carbocycles. The van der Waals surface area contributed by atoms with E-state index >= 15 is 0 Å². The number of oxazole rings is 1. The van der Waals surface area contributed by atoms with Gasteiger partial charge in [0.2, 0.25) is 5.89 Å². The van der Waals surface area contributed by atoms with E-state index in [2.05, 4.69) is 9.72 Å². The third kappa shape index (κ3) is 2.11. The molecule has 16 heavy (non-hydrogen) atoms. The van der Waals surface area contributed by atoms with Gasteiger partial charge in [-0.05, 0) is 18.2 Å². The Hall–Kier alpha value is -2.50. The maximum Gasteiger partial charge on any atom is 0.512 e. The van der Waals surface area contributed by atoms with Crippen molar-refractivity contribution in [3.63, 3.8) is 0 Å². The van der Waals surface area contributed by atoms with Crippen LogP contribution in [0.5, 0.6) is 11.6 Å². The lowest BCUT2D eigenvalue weighted by molar-refractivity contribution is 0.142. The first-order valence-electron chi connectivity index (χ1n) is 4.31. The Morgan fingerprint density at radius 3 is 2.94 bits per heavy atom. The monoisotopic (exact) mass is 221 g/mol. The fraction of sp³-hybridized carbons (Fsp3) is 0. The minimum absolute atomic E-state index is 0.0661. The van der Waals surface area contributed by atoms with E-state index in [-0.39, 0.29) is 17.5 Å². The van der Waals surface area contributed by atoms with Crippen molar-refractivity contribution in [2.45, 2.75) is 0 Å². The third-order valence-corrected chi connectivity index (χ3v) is 1.77. The summed E-state index contributed by atoms with van der Waals surface area (Å²) < 4.78 is 9.29. The van der Waals surface area contributed by atoms with Crippen molar-refractivity contribution >= 4 is 6.16 Å². The first kappa shape index (κ1) is 10.0. The number of nitrogens with zero attached hydrogens (tertiary/aromatic N) is 1. The quantitative estimate of drug-likeness (QED) is 0.754. The summed E-state index contributed by atoms with van der Waals surface area (Å²) >= 11 is 0. The van der Waals surface area contributed by atoms with Crippen LogP contribution in [-0.2, 0) is 0 Å². The molecule has 1 heterocycles. The molecule has 0 aliphatic heterocycles. The Morgan fingerprint density at radius 1 is 1.44 bits per heavy atom. The van der Waals surface area contributed by atoms with Crippen molar-refractivity contribution in [1.29, 1.82) is 0 Å². The highest BCUT2D eigenvalue weighted by atomic mass is 16.7. The van der Waals surface area contributed by atoms with Gasteiger partial charge in [-0.2, -0.15) is 4.98 Å². The number of carboxylic acid groups (broad SMARTS) is 1. The van der Waals surface area contributed by atoms with Crippen LogP contribution in [0.1, 0.15) is 0 Å². The van der Waals surface area contributed by atoms with Crippen molar-refractivity contribution in [3.05, 3.63) is 30.5 Å². The molecule has 6 nitrogen and oxygen atoms in total. The van der Waals surface area contributed by atoms with Gasteiger partial charge < -0.3 is 19.4 Å².